The van der Waals surface area contributed by atoms with Gasteiger partial charge in [0.15, 0.2) is 0 Å². The van der Waals surface area contributed by atoms with Gasteiger partial charge in [0, 0.05) is 0 Å². The van der Waals surface area contributed by atoms with Crippen LogP contribution in [0, 0.1) is 5.41 Å². The van der Waals surface area contributed by atoms with Gasteiger partial charge in [0.25, 0.3) is 0 Å². The quantitative estimate of drug-likeness (QED) is 0.626. The highest BCUT2D eigenvalue weighted by molar-refractivity contribution is 4.83. The van der Waals surface area contributed by atoms with Crippen molar-refractivity contribution >= 4 is 0 Å². The van der Waals surface area contributed by atoms with Crippen molar-refractivity contribution in [2.75, 3.05) is 6.54 Å². The Hall–Kier alpha value is -0.0400. The van der Waals surface area contributed by atoms with Gasteiger partial charge in [0.1, 0.15) is 0 Å². The summed E-state index contributed by atoms with van der Waals surface area (Å²) in [6.07, 6.45) is 15.6. The second kappa shape index (κ2) is 7.27. The minimum atomic E-state index is 0.654. The molecular formula is C14H29N. The zero-order valence-corrected chi connectivity index (χ0v) is 10.6. The third-order valence-electron chi connectivity index (χ3n) is 4.15. The van der Waals surface area contributed by atoms with E-state index < -0.39 is 0 Å². The highest BCUT2D eigenvalue weighted by Crippen LogP contribution is 2.43. The number of unbranched alkanes of at least 4 members (excludes halogenated alkanes) is 3. The zero-order chi connectivity index (χ0) is 11.0. The molecule has 1 aliphatic rings. The average molecular weight is 211 g/mol. The van der Waals surface area contributed by atoms with Crippen LogP contribution in [0.25, 0.3) is 0 Å². The Kier molecular flexibility index (Phi) is 6.31. The van der Waals surface area contributed by atoms with Crippen LogP contribution in [0.2, 0.25) is 0 Å². The van der Waals surface area contributed by atoms with Gasteiger partial charge in [0.05, 0.1) is 0 Å². The Balaban J connectivity index is 2.28. The van der Waals surface area contributed by atoms with Crippen molar-refractivity contribution in [3.8, 4) is 0 Å². The summed E-state index contributed by atoms with van der Waals surface area (Å²) in [6, 6.07) is 0. The summed E-state index contributed by atoms with van der Waals surface area (Å²) in [5, 5.41) is 0. The maximum atomic E-state index is 5.77. The van der Waals surface area contributed by atoms with Gasteiger partial charge >= 0.3 is 0 Å². The predicted molar refractivity (Wildman–Crippen MR) is 67.9 cm³/mol. The first-order valence-corrected chi connectivity index (χ1v) is 7.03. The lowest BCUT2D eigenvalue weighted by atomic mass is 9.69. The number of rotatable bonds is 7. The Morgan fingerprint density at radius 1 is 0.933 bits per heavy atom. The van der Waals surface area contributed by atoms with Gasteiger partial charge in [-0.15, -0.1) is 0 Å². The molecular weight excluding hydrogens is 182 g/mol. The molecule has 0 spiro atoms. The normalized spacial score (nSPS) is 20.4. The molecule has 0 aromatic carbocycles. The van der Waals surface area contributed by atoms with E-state index in [2.05, 4.69) is 6.92 Å². The average Bonchev–Trinajstić information content (AvgIpc) is 2.26. The molecule has 1 heteroatoms. The largest absolute Gasteiger partial charge is 0.330 e. The first-order valence-electron chi connectivity index (χ1n) is 7.03. The van der Waals surface area contributed by atoms with Crippen LogP contribution in [0.15, 0.2) is 0 Å². The lowest BCUT2D eigenvalue weighted by Crippen LogP contribution is -2.27. The third kappa shape index (κ3) is 4.55. The van der Waals surface area contributed by atoms with E-state index in [0.29, 0.717) is 5.41 Å². The lowest BCUT2D eigenvalue weighted by Gasteiger charge is -2.37. The van der Waals surface area contributed by atoms with Crippen molar-refractivity contribution < 1.29 is 0 Å². The minimum Gasteiger partial charge on any atom is -0.330 e. The first kappa shape index (κ1) is 13.0. The van der Waals surface area contributed by atoms with E-state index in [9.17, 15) is 0 Å². The summed E-state index contributed by atoms with van der Waals surface area (Å²) < 4.78 is 0. The van der Waals surface area contributed by atoms with Gasteiger partial charge in [-0.05, 0) is 37.6 Å². The van der Waals surface area contributed by atoms with Crippen molar-refractivity contribution in [1.29, 1.82) is 0 Å². The lowest BCUT2D eigenvalue weighted by molar-refractivity contribution is 0.155. The highest BCUT2D eigenvalue weighted by Gasteiger charge is 2.30. The summed E-state index contributed by atoms with van der Waals surface area (Å²) in [4.78, 5) is 0. The van der Waals surface area contributed by atoms with E-state index >= 15 is 0 Å². The smallest absolute Gasteiger partial charge is 0.00720 e. The summed E-state index contributed by atoms with van der Waals surface area (Å²) in [6.45, 7) is 3.18. The Morgan fingerprint density at radius 3 is 2.27 bits per heavy atom. The molecule has 0 radical (unpaired) electrons. The number of hydrogen-bond donors (Lipinski definition) is 1. The van der Waals surface area contributed by atoms with Gasteiger partial charge in [-0.2, -0.15) is 0 Å². The maximum absolute atomic E-state index is 5.77. The molecule has 0 aromatic heterocycles. The molecule has 0 heterocycles. The molecule has 0 saturated heterocycles. The summed E-state index contributed by atoms with van der Waals surface area (Å²) in [5.74, 6) is 0. The second-order valence-electron chi connectivity index (χ2n) is 5.41. The predicted octanol–water partition coefficient (Wildman–Crippen LogP) is 4.26. The van der Waals surface area contributed by atoms with Crippen molar-refractivity contribution in [2.24, 2.45) is 11.1 Å². The minimum absolute atomic E-state index is 0.654. The van der Waals surface area contributed by atoms with Crippen molar-refractivity contribution in [2.45, 2.75) is 77.6 Å². The molecule has 90 valence electrons. The van der Waals surface area contributed by atoms with Crippen LogP contribution < -0.4 is 5.73 Å². The van der Waals surface area contributed by atoms with Gasteiger partial charge < -0.3 is 5.73 Å². The SMILES string of the molecule is CCCCCCC1(CCN)CCCCC1. The van der Waals surface area contributed by atoms with E-state index in [4.69, 9.17) is 5.73 Å². The van der Waals surface area contributed by atoms with E-state index in [1.165, 1.54) is 70.6 Å². The van der Waals surface area contributed by atoms with E-state index in [0.717, 1.165) is 6.54 Å². The van der Waals surface area contributed by atoms with Gasteiger partial charge in [-0.1, -0.05) is 51.9 Å². The molecule has 0 bridgehead atoms. The monoisotopic (exact) mass is 211 g/mol. The molecule has 1 saturated carbocycles. The number of hydrogen-bond acceptors (Lipinski definition) is 1. The molecule has 1 rings (SSSR count). The van der Waals surface area contributed by atoms with Gasteiger partial charge in [-0.3, -0.25) is 0 Å². The molecule has 1 aliphatic carbocycles. The molecule has 0 aliphatic heterocycles. The van der Waals surface area contributed by atoms with Crippen LogP contribution in [0.3, 0.4) is 0 Å². The highest BCUT2D eigenvalue weighted by atomic mass is 14.5. The molecule has 1 nitrogen and oxygen atoms in total. The summed E-state index contributed by atoms with van der Waals surface area (Å²) in [5.41, 5.74) is 6.43. The Morgan fingerprint density at radius 2 is 1.67 bits per heavy atom. The zero-order valence-electron chi connectivity index (χ0n) is 10.6. The van der Waals surface area contributed by atoms with Crippen molar-refractivity contribution in [3.63, 3.8) is 0 Å². The fraction of sp³-hybridized carbons (Fsp3) is 1.00. The maximum Gasteiger partial charge on any atom is -0.00720 e. The molecule has 0 unspecified atom stereocenters. The van der Waals surface area contributed by atoms with Crippen LogP contribution >= 0.6 is 0 Å². The van der Waals surface area contributed by atoms with E-state index in [1.54, 1.807) is 0 Å². The molecule has 2 N–H and O–H groups in total. The molecule has 15 heavy (non-hydrogen) atoms. The van der Waals surface area contributed by atoms with E-state index in [-0.39, 0.29) is 0 Å². The number of nitrogens with two attached hydrogens (primary N) is 1. The van der Waals surface area contributed by atoms with Gasteiger partial charge in [-0.25, -0.2) is 0 Å². The van der Waals surface area contributed by atoms with Crippen LogP contribution in [0.4, 0.5) is 0 Å². The third-order valence-corrected chi connectivity index (χ3v) is 4.15. The van der Waals surface area contributed by atoms with Crippen molar-refractivity contribution in [1.82, 2.24) is 0 Å². The van der Waals surface area contributed by atoms with Crippen LogP contribution in [-0.4, -0.2) is 6.54 Å². The fourth-order valence-corrected chi connectivity index (χ4v) is 3.16. The van der Waals surface area contributed by atoms with Gasteiger partial charge in [0.2, 0.25) is 0 Å². The van der Waals surface area contributed by atoms with Crippen LogP contribution in [0.1, 0.15) is 77.6 Å². The van der Waals surface area contributed by atoms with Crippen LogP contribution in [-0.2, 0) is 0 Å². The Bertz CT molecular complexity index is 142. The summed E-state index contributed by atoms with van der Waals surface area (Å²) in [7, 11) is 0. The fourth-order valence-electron chi connectivity index (χ4n) is 3.16. The van der Waals surface area contributed by atoms with Crippen LogP contribution in [0.5, 0.6) is 0 Å². The first-order chi connectivity index (χ1) is 7.33. The molecule has 1 fully saturated rings. The topological polar surface area (TPSA) is 26.0 Å². The van der Waals surface area contributed by atoms with Crippen molar-refractivity contribution in [3.05, 3.63) is 0 Å². The standard InChI is InChI=1S/C14H29N/c1-2-3-4-6-9-14(12-13-15)10-7-5-8-11-14/h2-13,15H2,1H3. The molecule has 0 atom stereocenters. The van der Waals surface area contributed by atoms with E-state index in [1.807, 2.05) is 0 Å². The second-order valence-corrected chi connectivity index (χ2v) is 5.41. The molecule has 0 aromatic rings. The molecule has 0 amide bonds. The summed E-state index contributed by atoms with van der Waals surface area (Å²) >= 11 is 0. The Labute approximate surface area is 95.8 Å².